The molecule has 0 bridgehead atoms. The standard InChI is InChI=1S/C37H47FN4O4/c1-27-25-42(28(2)24-41(27)26-29-9-5-13-33(38)21-29)36(31-11-7-14-34(43)23-31)30-10-6-12-32(22-30)37(46)40-18-8-17-39(19-20-40)16-4-3-15-35(44)45/h5-7,9-14,21-23,27-28,36,43H,3-4,8,15-20,24-26H2,1-2H3,(H,44,45)/t27-,28+,36-/m1/s1. The van der Waals surface area contributed by atoms with E-state index in [1.807, 2.05) is 47.4 Å². The van der Waals surface area contributed by atoms with Gasteiger partial charge in [-0.15, -0.1) is 0 Å². The second-order valence-corrected chi connectivity index (χ2v) is 12.9. The molecule has 9 heteroatoms. The Morgan fingerprint density at radius 1 is 0.870 bits per heavy atom. The van der Waals surface area contributed by atoms with Crippen LogP contribution in [-0.2, 0) is 11.3 Å². The summed E-state index contributed by atoms with van der Waals surface area (Å²) in [6.45, 7) is 10.5. The fourth-order valence-electron chi connectivity index (χ4n) is 6.98. The molecule has 2 aliphatic rings. The predicted molar refractivity (Wildman–Crippen MR) is 177 cm³/mol. The molecule has 3 aromatic carbocycles. The molecule has 3 aromatic rings. The van der Waals surface area contributed by atoms with Crippen LogP contribution < -0.4 is 0 Å². The third kappa shape index (κ3) is 8.72. The summed E-state index contributed by atoms with van der Waals surface area (Å²) in [6.07, 6.45) is 2.59. The lowest BCUT2D eigenvalue weighted by Gasteiger charge is -2.47. The zero-order valence-corrected chi connectivity index (χ0v) is 27.0. The normalized spacial score (nSPS) is 20.7. The molecule has 3 atom stereocenters. The molecule has 1 amide bonds. The number of halogens is 1. The van der Waals surface area contributed by atoms with Gasteiger partial charge in [-0.1, -0.05) is 36.4 Å². The van der Waals surface area contributed by atoms with Gasteiger partial charge in [0.25, 0.3) is 5.91 Å². The molecule has 0 saturated carbocycles. The summed E-state index contributed by atoms with van der Waals surface area (Å²) in [5.74, 6) is -0.753. The minimum Gasteiger partial charge on any atom is -0.508 e. The van der Waals surface area contributed by atoms with E-state index >= 15 is 0 Å². The zero-order chi connectivity index (χ0) is 32.6. The van der Waals surface area contributed by atoms with Gasteiger partial charge in [-0.2, -0.15) is 0 Å². The van der Waals surface area contributed by atoms with Crippen LogP contribution in [0.1, 0.15) is 72.6 Å². The highest BCUT2D eigenvalue weighted by molar-refractivity contribution is 5.94. The Morgan fingerprint density at radius 3 is 2.39 bits per heavy atom. The van der Waals surface area contributed by atoms with Crippen LogP contribution >= 0.6 is 0 Å². The summed E-state index contributed by atoms with van der Waals surface area (Å²) in [6, 6.07) is 22.3. The lowest BCUT2D eigenvalue weighted by Crippen LogP contribution is -2.56. The highest BCUT2D eigenvalue weighted by atomic mass is 19.1. The van der Waals surface area contributed by atoms with Gasteiger partial charge in [0, 0.05) is 63.3 Å². The molecule has 0 radical (unpaired) electrons. The van der Waals surface area contributed by atoms with E-state index < -0.39 is 5.97 Å². The van der Waals surface area contributed by atoms with Crippen molar-refractivity contribution >= 4 is 11.9 Å². The van der Waals surface area contributed by atoms with E-state index in [1.165, 1.54) is 6.07 Å². The van der Waals surface area contributed by atoms with E-state index in [0.717, 1.165) is 62.3 Å². The highest BCUT2D eigenvalue weighted by Crippen LogP contribution is 2.35. The number of phenolic OH excluding ortho intramolecular Hbond substituents is 1. The van der Waals surface area contributed by atoms with Gasteiger partial charge in [0.1, 0.15) is 11.6 Å². The molecule has 2 saturated heterocycles. The maximum Gasteiger partial charge on any atom is 0.303 e. The number of phenols is 1. The molecule has 8 nitrogen and oxygen atoms in total. The summed E-state index contributed by atoms with van der Waals surface area (Å²) in [7, 11) is 0. The first kappa shape index (κ1) is 33.6. The number of amides is 1. The number of rotatable bonds is 11. The number of carboxylic acids is 1. The molecule has 2 fully saturated rings. The summed E-state index contributed by atoms with van der Waals surface area (Å²) < 4.78 is 13.9. The number of benzene rings is 3. The summed E-state index contributed by atoms with van der Waals surface area (Å²) >= 11 is 0. The van der Waals surface area contributed by atoms with Crippen LogP contribution in [0.4, 0.5) is 4.39 Å². The van der Waals surface area contributed by atoms with Crippen LogP contribution in [0.25, 0.3) is 0 Å². The molecule has 246 valence electrons. The molecular formula is C37H47FN4O4. The first-order valence-corrected chi connectivity index (χ1v) is 16.5. The fourth-order valence-corrected chi connectivity index (χ4v) is 6.98. The van der Waals surface area contributed by atoms with Crippen molar-refractivity contribution in [1.82, 2.24) is 19.6 Å². The van der Waals surface area contributed by atoms with Gasteiger partial charge in [-0.3, -0.25) is 19.4 Å². The van der Waals surface area contributed by atoms with Crippen molar-refractivity contribution in [2.24, 2.45) is 0 Å². The van der Waals surface area contributed by atoms with Crippen molar-refractivity contribution in [2.75, 3.05) is 45.8 Å². The SMILES string of the molecule is C[C@@H]1CN([C@@H](c2cccc(O)c2)c2cccc(C(=O)N3CCCN(CCCCC(=O)O)CC3)c2)[C@@H](C)CN1Cc1cccc(F)c1. The molecule has 2 N–H and O–H groups in total. The average Bonchev–Trinajstić information content (AvgIpc) is 3.27. The van der Waals surface area contributed by atoms with Crippen molar-refractivity contribution in [2.45, 2.75) is 64.2 Å². The predicted octanol–water partition coefficient (Wildman–Crippen LogP) is 5.62. The number of carbonyl (C=O) groups excluding carboxylic acids is 1. The molecule has 0 unspecified atom stereocenters. The van der Waals surface area contributed by atoms with Crippen LogP contribution in [0.15, 0.2) is 72.8 Å². The smallest absolute Gasteiger partial charge is 0.303 e. The van der Waals surface area contributed by atoms with Gasteiger partial charge in [-0.05, 0) is 99.3 Å². The Kier molecular flexibility index (Phi) is 11.4. The lowest BCUT2D eigenvalue weighted by molar-refractivity contribution is -0.137. The molecule has 0 aromatic heterocycles. The molecule has 2 aliphatic heterocycles. The number of piperazine rings is 1. The van der Waals surface area contributed by atoms with E-state index in [2.05, 4.69) is 34.6 Å². The van der Waals surface area contributed by atoms with Crippen LogP contribution in [-0.4, -0.2) is 99.6 Å². The zero-order valence-electron chi connectivity index (χ0n) is 27.0. The Morgan fingerprint density at radius 2 is 1.63 bits per heavy atom. The van der Waals surface area contributed by atoms with Gasteiger partial charge >= 0.3 is 5.97 Å². The highest BCUT2D eigenvalue weighted by Gasteiger charge is 2.35. The van der Waals surface area contributed by atoms with E-state index in [0.29, 0.717) is 31.6 Å². The molecule has 2 heterocycles. The number of unbranched alkanes of at least 4 members (excludes halogenated alkanes) is 1. The molecule has 0 aliphatic carbocycles. The van der Waals surface area contributed by atoms with Crippen molar-refractivity contribution in [3.8, 4) is 5.75 Å². The third-order valence-corrected chi connectivity index (χ3v) is 9.40. The maximum atomic E-state index is 13.9. The largest absolute Gasteiger partial charge is 0.508 e. The van der Waals surface area contributed by atoms with E-state index in [9.17, 15) is 19.1 Å². The molecule has 46 heavy (non-hydrogen) atoms. The second kappa shape index (κ2) is 15.7. The van der Waals surface area contributed by atoms with Gasteiger partial charge in [0.15, 0.2) is 0 Å². The number of hydrogen-bond donors (Lipinski definition) is 2. The molecule has 5 rings (SSSR count). The second-order valence-electron chi connectivity index (χ2n) is 12.9. The van der Waals surface area contributed by atoms with Gasteiger partial charge in [0.05, 0.1) is 6.04 Å². The van der Waals surface area contributed by atoms with E-state index in [-0.39, 0.29) is 42.0 Å². The fraction of sp³-hybridized carbons (Fsp3) is 0.459. The van der Waals surface area contributed by atoms with Crippen molar-refractivity contribution in [3.63, 3.8) is 0 Å². The van der Waals surface area contributed by atoms with Crippen LogP contribution in [0.5, 0.6) is 5.75 Å². The quantitative estimate of drug-likeness (QED) is 0.266. The van der Waals surface area contributed by atoms with Gasteiger partial charge < -0.3 is 20.0 Å². The van der Waals surface area contributed by atoms with E-state index in [1.54, 1.807) is 18.2 Å². The first-order chi connectivity index (χ1) is 22.2. The van der Waals surface area contributed by atoms with Crippen LogP contribution in [0.3, 0.4) is 0 Å². The summed E-state index contributed by atoms with van der Waals surface area (Å²) in [4.78, 5) is 33.8. The Hall–Kier alpha value is -3.79. The number of nitrogens with zero attached hydrogens (tertiary/aromatic N) is 4. The summed E-state index contributed by atoms with van der Waals surface area (Å²) in [5, 5.41) is 19.4. The minimum absolute atomic E-state index is 0.0190. The first-order valence-electron chi connectivity index (χ1n) is 16.5. The number of carbonyl (C=O) groups is 2. The average molecular weight is 631 g/mol. The number of carboxylic acid groups (broad SMARTS) is 1. The van der Waals surface area contributed by atoms with Gasteiger partial charge in [-0.25, -0.2) is 4.39 Å². The molecular weight excluding hydrogens is 583 g/mol. The Balaban J connectivity index is 1.32. The lowest BCUT2D eigenvalue weighted by atomic mass is 9.92. The summed E-state index contributed by atoms with van der Waals surface area (Å²) in [5.41, 5.74) is 3.58. The van der Waals surface area contributed by atoms with Crippen molar-refractivity contribution in [1.29, 1.82) is 0 Å². The van der Waals surface area contributed by atoms with Crippen molar-refractivity contribution < 1.29 is 24.2 Å². The minimum atomic E-state index is -0.756. The Labute approximate surface area is 272 Å². The maximum absolute atomic E-state index is 13.9. The van der Waals surface area contributed by atoms with Crippen LogP contribution in [0.2, 0.25) is 0 Å². The number of aromatic hydroxyl groups is 1. The molecule has 0 spiro atoms. The van der Waals surface area contributed by atoms with Crippen LogP contribution in [0, 0.1) is 5.82 Å². The third-order valence-electron chi connectivity index (χ3n) is 9.40. The Bertz CT molecular complexity index is 1480. The number of aliphatic carboxylic acids is 1. The number of hydrogen-bond acceptors (Lipinski definition) is 6. The monoisotopic (exact) mass is 630 g/mol. The van der Waals surface area contributed by atoms with E-state index in [4.69, 9.17) is 5.11 Å². The van der Waals surface area contributed by atoms with Gasteiger partial charge in [0.2, 0.25) is 0 Å². The topological polar surface area (TPSA) is 87.6 Å². The van der Waals surface area contributed by atoms with Crippen molar-refractivity contribution in [3.05, 3.63) is 101 Å².